The number of piperidine rings is 3. The van der Waals surface area contributed by atoms with E-state index in [-0.39, 0.29) is 23.2 Å². The molecule has 0 aromatic carbocycles. The number of rotatable bonds is 3. The quantitative estimate of drug-likeness (QED) is 0.691. The molecule has 3 aliphatic heterocycles. The molecule has 2 N–H and O–H groups in total. The van der Waals surface area contributed by atoms with E-state index in [0.717, 1.165) is 35.6 Å². The van der Waals surface area contributed by atoms with Crippen molar-refractivity contribution in [2.24, 2.45) is 5.92 Å². The van der Waals surface area contributed by atoms with Crippen LogP contribution < -0.4 is 5.56 Å². The van der Waals surface area contributed by atoms with E-state index in [9.17, 15) is 9.59 Å². The minimum atomic E-state index is -0.244. The summed E-state index contributed by atoms with van der Waals surface area (Å²) in [7, 11) is 0. The van der Waals surface area contributed by atoms with Crippen molar-refractivity contribution in [3.8, 4) is 10.4 Å². The van der Waals surface area contributed by atoms with E-state index in [1.807, 2.05) is 13.0 Å². The maximum Gasteiger partial charge on any atom is 0.269 e. The van der Waals surface area contributed by atoms with Gasteiger partial charge in [0.2, 0.25) is 5.78 Å². The average molecular weight is 369 g/mol. The number of H-pyrrole nitrogens is 2. The van der Waals surface area contributed by atoms with Crippen LogP contribution >= 0.6 is 11.3 Å². The molecule has 8 heteroatoms. The summed E-state index contributed by atoms with van der Waals surface area (Å²) in [6.45, 7) is 3.87. The lowest BCUT2D eigenvalue weighted by Gasteiger charge is -2.44. The molecule has 134 valence electrons. The molecule has 2 bridgehead atoms. The molecule has 26 heavy (non-hydrogen) atoms. The third kappa shape index (κ3) is 2.44. The van der Waals surface area contributed by atoms with Gasteiger partial charge in [-0.25, -0.2) is 4.98 Å². The molecule has 3 aliphatic rings. The molecule has 7 nitrogen and oxygen atoms in total. The Morgan fingerprint density at radius 1 is 1.35 bits per heavy atom. The van der Waals surface area contributed by atoms with Gasteiger partial charge < -0.3 is 4.98 Å². The van der Waals surface area contributed by atoms with Crippen LogP contribution in [0.5, 0.6) is 0 Å². The van der Waals surface area contributed by atoms with Crippen molar-refractivity contribution in [2.75, 3.05) is 13.1 Å². The molecular formula is C18H19N5O2S. The zero-order valence-corrected chi connectivity index (χ0v) is 15.2. The zero-order valence-electron chi connectivity index (χ0n) is 14.4. The van der Waals surface area contributed by atoms with Crippen molar-refractivity contribution < 1.29 is 4.79 Å². The summed E-state index contributed by atoms with van der Waals surface area (Å²) >= 11 is 1.38. The van der Waals surface area contributed by atoms with Crippen molar-refractivity contribution in [3.63, 3.8) is 0 Å². The van der Waals surface area contributed by atoms with Crippen molar-refractivity contribution in [3.05, 3.63) is 34.1 Å². The van der Waals surface area contributed by atoms with Crippen LogP contribution in [0.4, 0.5) is 0 Å². The van der Waals surface area contributed by atoms with Gasteiger partial charge in [-0.2, -0.15) is 5.10 Å². The summed E-state index contributed by atoms with van der Waals surface area (Å²) in [5.74, 6) is 0.759. The molecule has 6 rings (SSSR count). The van der Waals surface area contributed by atoms with Gasteiger partial charge in [0.25, 0.3) is 5.56 Å². The van der Waals surface area contributed by atoms with E-state index >= 15 is 0 Å². The number of hydrogen-bond acceptors (Lipinski definition) is 6. The Morgan fingerprint density at radius 3 is 2.81 bits per heavy atom. The summed E-state index contributed by atoms with van der Waals surface area (Å²) in [6, 6.07) is 1.73. The van der Waals surface area contributed by atoms with Gasteiger partial charge in [-0.1, -0.05) is 0 Å². The Hall–Kier alpha value is -2.32. The molecule has 6 heterocycles. The number of nitrogens with one attached hydrogen (secondary N) is 2. The van der Waals surface area contributed by atoms with Crippen LogP contribution in [0.25, 0.3) is 20.7 Å². The molecule has 3 aromatic heterocycles. The van der Waals surface area contributed by atoms with Gasteiger partial charge >= 0.3 is 0 Å². The molecule has 3 aromatic rings. The summed E-state index contributed by atoms with van der Waals surface area (Å²) in [5, 5.41) is 6.94. The number of aromatic nitrogens is 4. The molecule has 0 saturated carbocycles. The lowest BCUT2D eigenvalue weighted by atomic mass is 9.81. The number of thiophene rings is 1. The Labute approximate surface area is 153 Å². The van der Waals surface area contributed by atoms with E-state index in [2.05, 4.69) is 25.1 Å². The number of carbonyl (C=O) groups is 1. The smallest absolute Gasteiger partial charge is 0.269 e. The average Bonchev–Trinajstić information content (AvgIpc) is 3.28. The first-order valence-corrected chi connectivity index (χ1v) is 9.74. The van der Waals surface area contributed by atoms with Crippen LogP contribution in [0, 0.1) is 12.8 Å². The molecular weight excluding hydrogens is 350 g/mol. The summed E-state index contributed by atoms with van der Waals surface area (Å²) in [5.41, 5.74) is 2.23. The molecule has 3 fully saturated rings. The number of hydrogen-bond donors (Lipinski definition) is 2. The Balaban J connectivity index is 1.54. The number of aromatic amines is 2. The van der Waals surface area contributed by atoms with Crippen LogP contribution in [0.1, 0.15) is 35.6 Å². The first kappa shape index (κ1) is 15.9. The lowest BCUT2D eigenvalue weighted by molar-refractivity contribution is 0.0399. The molecule has 3 saturated heterocycles. The number of fused-ring (bicyclic) bond motifs is 4. The summed E-state index contributed by atoms with van der Waals surface area (Å²) < 4.78 is 0.544. The van der Waals surface area contributed by atoms with Gasteiger partial charge in [-0.05, 0) is 51.3 Å². The van der Waals surface area contributed by atoms with Crippen LogP contribution in [0.3, 0.4) is 0 Å². The maximum absolute atomic E-state index is 13.0. The van der Waals surface area contributed by atoms with Crippen LogP contribution in [-0.2, 0) is 0 Å². The first-order chi connectivity index (χ1) is 12.6. The summed E-state index contributed by atoms with van der Waals surface area (Å²) in [6.07, 6.45) is 4.96. The highest BCUT2D eigenvalue weighted by Crippen LogP contribution is 2.34. The second-order valence-corrected chi connectivity index (χ2v) is 8.30. The SMILES string of the molecule is Cc1[nH]ncc1-c1cc2nc(C(=O)[C@@H]3CC4CCN3CC4)[nH]c(=O)c2s1. The van der Waals surface area contributed by atoms with E-state index in [4.69, 9.17) is 0 Å². The fourth-order valence-corrected chi connectivity index (χ4v) is 5.24. The number of aryl methyl sites for hydroxylation is 1. The Bertz CT molecular complexity index is 1060. The van der Waals surface area contributed by atoms with Crippen molar-refractivity contribution in [1.82, 2.24) is 25.1 Å². The van der Waals surface area contributed by atoms with Crippen molar-refractivity contribution in [1.29, 1.82) is 0 Å². The fraction of sp³-hybridized carbons (Fsp3) is 0.444. The number of nitrogens with zero attached hydrogens (tertiary/aromatic N) is 3. The second kappa shape index (κ2) is 5.85. The zero-order chi connectivity index (χ0) is 17.8. The molecule has 0 aliphatic carbocycles. The van der Waals surface area contributed by atoms with Gasteiger partial charge in [-0.3, -0.25) is 19.6 Å². The maximum atomic E-state index is 13.0. The number of Topliss-reactive ketones (excluding diaryl/α,β-unsaturated/α-hetero) is 1. The van der Waals surface area contributed by atoms with Gasteiger partial charge in [-0.15, -0.1) is 11.3 Å². The van der Waals surface area contributed by atoms with Gasteiger partial charge in [0.1, 0.15) is 4.70 Å². The summed E-state index contributed by atoms with van der Waals surface area (Å²) in [4.78, 5) is 35.9. The predicted octanol–water partition coefficient (Wildman–Crippen LogP) is 2.35. The molecule has 1 atom stereocenters. The van der Waals surface area contributed by atoms with Gasteiger partial charge in [0.15, 0.2) is 5.82 Å². The first-order valence-electron chi connectivity index (χ1n) is 8.92. The largest absolute Gasteiger partial charge is 0.303 e. The number of carbonyl (C=O) groups excluding carboxylic acids is 1. The molecule has 0 amide bonds. The van der Waals surface area contributed by atoms with Crippen LogP contribution in [0.15, 0.2) is 17.1 Å². The predicted molar refractivity (Wildman–Crippen MR) is 99.6 cm³/mol. The second-order valence-electron chi connectivity index (χ2n) is 7.24. The molecule has 0 unspecified atom stereocenters. The highest BCUT2D eigenvalue weighted by molar-refractivity contribution is 7.22. The highest BCUT2D eigenvalue weighted by Gasteiger charge is 2.38. The molecule has 0 spiro atoms. The third-order valence-electron chi connectivity index (χ3n) is 5.66. The van der Waals surface area contributed by atoms with E-state index < -0.39 is 0 Å². The standard InChI is InChI=1S/C18H19N5O2S/c1-9-11(8-19-22-9)14-7-12-16(26-14)18(25)21-17(20-12)15(24)13-6-10-2-4-23(13)5-3-10/h7-8,10,13H,2-6H2,1H3,(H,19,22)(H,20,21,25)/t13-/m0/s1. The Kier molecular flexibility index (Phi) is 3.58. The van der Waals surface area contributed by atoms with Gasteiger partial charge in [0.05, 0.1) is 17.8 Å². The highest BCUT2D eigenvalue weighted by atomic mass is 32.1. The van der Waals surface area contributed by atoms with Crippen LogP contribution in [0.2, 0.25) is 0 Å². The minimum Gasteiger partial charge on any atom is -0.303 e. The van der Waals surface area contributed by atoms with Gasteiger partial charge in [0, 0.05) is 16.1 Å². The topological polar surface area (TPSA) is 94.7 Å². The Morgan fingerprint density at radius 2 is 2.15 bits per heavy atom. The monoisotopic (exact) mass is 369 g/mol. The van der Waals surface area contributed by atoms with E-state index in [0.29, 0.717) is 16.1 Å². The van der Waals surface area contributed by atoms with Crippen LogP contribution in [-0.4, -0.2) is 50.0 Å². The molecule has 0 radical (unpaired) electrons. The lowest BCUT2D eigenvalue weighted by Crippen LogP contribution is -2.52. The van der Waals surface area contributed by atoms with Crippen molar-refractivity contribution >= 4 is 27.3 Å². The van der Waals surface area contributed by atoms with Crippen molar-refractivity contribution in [2.45, 2.75) is 32.2 Å². The van der Waals surface area contributed by atoms with E-state index in [1.54, 1.807) is 6.20 Å². The normalized spacial score (nSPS) is 25.0. The number of ketones is 1. The van der Waals surface area contributed by atoms with E-state index in [1.165, 1.54) is 24.2 Å². The third-order valence-corrected chi connectivity index (χ3v) is 6.82. The minimum absolute atomic E-state index is 0.0550. The fourth-order valence-electron chi connectivity index (χ4n) is 4.18.